The Morgan fingerprint density at radius 1 is 0.412 bits per heavy atom. The van der Waals surface area contributed by atoms with Gasteiger partial charge in [0.1, 0.15) is 0 Å². The van der Waals surface area contributed by atoms with E-state index in [1.54, 1.807) is 0 Å². The minimum Gasteiger partial charge on any atom is -0.0797 e. The van der Waals surface area contributed by atoms with Gasteiger partial charge in [0, 0.05) is 19.6 Å². The topological polar surface area (TPSA) is 0 Å². The van der Waals surface area contributed by atoms with Gasteiger partial charge in [0.05, 0.1) is 8.47 Å². The van der Waals surface area contributed by atoms with Gasteiger partial charge in [-0.15, -0.1) is 0 Å². The number of fused-ring (bicyclic) bond motifs is 6. The van der Waals surface area contributed by atoms with Crippen molar-refractivity contribution in [2.45, 2.75) is 32.4 Å². The Labute approximate surface area is 214 Å². The van der Waals surface area contributed by atoms with Crippen molar-refractivity contribution in [3.8, 4) is 0 Å². The third kappa shape index (κ3) is 3.20. The van der Waals surface area contributed by atoms with Gasteiger partial charge in [0.15, 0.2) is 0 Å². The van der Waals surface area contributed by atoms with Gasteiger partial charge in [-0.2, -0.15) is 0 Å². The zero-order chi connectivity index (χ0) is 22.2. The van der Waals surface area contributed by atoms with Crippen LogP contribution in [0.4, 0.5) is 0 Å². The highest BCUT2D eigenvalue weighted by Gasteiger charge is 2.27. The van der Waals surface area contributed by atoms with Crippen molar-refractivity contribution in [3.05, 3.63) is 91.7 Å². The van der Waals surface area contributed by atoms with E-state index in [4.69, 9.17) is 0 Å². The molecule has 0 unspecified atom stereocenters. The maximum Gasteiger partial charge on any atom is 0.0706 e. The van der Waals surface area contributed by atoms with Gasteiger partial charge in [0.2, 0.25) is 0 Å². The molecule has 0 atom stereocenters. The first-order valence-electron chi connectivity index (χ1n) is 11.5. The molecule has 0 nitrogen and oxygen atoms in total. The lowest BCUT2D eigenvalue weighted by Gasteiger charge is -2.05. The molecule has 4 heteroatoms. The number of benzene rings is 5. The molecule has 0 aromatic heterocycles. The SMILES string of the molecule is C1=c2cc3cc4c(cc3cc2=CCC1)SC(=C1Sc2cc3cc5ccccc5cc3cc2S1)S4. The van der Waals surface area contributed by atoms with Crippen LogP contribution < -0.4 is 10.4 Å². The van der Waals surface area contributed by atoms with E-state index in [2.05, 4.69) is 84.9 Å². The summed E-state index contributed by atoms with van der Waals surface area (Å²) in [6, 6.07) is 27.6. The lowest BCUT2D eigenvalue weighted by molar-refractivity contribution is 1.12. The van der Waals surface area contributed by atoms with E-state index < -0.39 is 0 Å². The highest BCUT2D eigenvalue weighted by molar-refractivity contribution is 8.30. The molecule has 0 bridgehead atoms. The molecule has 3 aliphatic rings. The summed E-state index contributed by atoms with van der Waals surface area (Å²) in [5, 5.41) is 10.8. The standard InChI is InChI=1S/C30H18S4/c1-2-6-18-10-22-14-26-25(13-21(22)9-17(18)5-1)31-29(32-26)30-33-27-15-23-11-19-7-3-4-8-20(19)12-24(23)16-28(27)34-30/h1-2,5-16H,3-4H2. The van der Waals surface area contributed by atoms with Crippen molar-refractivity contribution in [3.63, 3.8) is 0 Å². The average Bonchev–Trinajstić information content (AvgIpc) is 3.46. The Bertz CT molecular complexity index is 1730. The van der Waals surface area contributed by atoms with Crippen molar-refractivity contribution < 1.29 is 0 Å². The fraction of sp³-hybridized carbons (Fsp3) is 0.0667. The van der Waals surface area contributed by atoms with Crippen molar-refractivity contribution in [1.82, 2.24) is 0 Å². The van der Waals surface area contributed by atoms with E-state index in [1.807, 2.05) is 47.0 Å². The van der Waals surface area contributed by atoms with E-state index in [9.17, 15) is 0 Å². The third-order valence-corrected chi connectivity index (χ3v) is 12.3. The summed E-state index contributed by atoms with van der Waals surface area (Å²) in [5.41, 5.74) is 0. The van der Waals surface area contributed by atoms with E-state index >= 15 is 0 Å². The molecule has 162 valence electrons. The molecular formula is C30H18S4. The molecule has 0 saturated heterocycles. The minimum absolute atomic E-state index is 1.16. The second-order valence-corrected chi connectivity index (χ2v) is 13.7. The van der Waals surface area contributed by atoms with Crippen molar-refractivity contribution in [1.29, 1.82) is 0 Å². The summed E-state index contributed by atoms with van der Waals surface area (Å²) in [6.07, 6.45) is 7.08. The Morgan fingerprint density at radius 2 is 0.794 bits per heavy atom. The maximum absolute atomic E-state index is 2.40. The smallest absolute Gasteiger partial charge is 0.0706 e. The fourth-order valence-corrected chi connectivity index (χ4v) is 10.5. The zero-order valence-corrected chi connectivity index (χ0v) is 21.4. The molecular weight excluding hydrogens is 489 g/mol. The van der Waals surface area contributed by atoms with Gasteiger partial charge < -0.3 is 0 Å². The van der Waals surface area contributed by atoms with Gasteiger partial charge in [-0.25, -0.2) is 0 Å². The van der Waals surface area contributed by atoms with Gasteiger partial charge in [-0.3, -0.25) is 0 Å². The van der Waals surface area contributed by atoms with Crippen LogP contribution >= 0.6 is 47.0 Å². The van der Waals surface area contributed by atoms with E-state index in [0.29, 0.717) is 0 Å². The first-order chi connectivity index (χ1) is 16.8. The first-order valence-corrected chi connectivity index (χ1v) is 14.7. The van der Waals surface area contributed by atoms with Gasteiger partial charge >= 0.3 is 0 Å². The quantitative estimate of drug-likeness (QED) is 0.193. The number of rotatable bonds is 0. The monoisotopic (exact) mass is 506 g/mol. The summed E-state index contributed by atoms with van der Waals surface area (Å²) >= 11 is 7.77. The second kappa shape index (κ2) is 7.63. The van der Waals surface area contributed by atoms with Crippen LogP contribution in [-0.4, -0.2) is 0 Å². The molecule has 0 amide bonds. The lowest BCUT2D eigenvalue weighted by atomic mass is 10.0. The molecule has 0 spiro atoms. The van der Waals surface area contributed by atoms with Crippen LogP contribution in [0.2, 0.25) is 0 Å². The summed E-state index contributed by atoms with van der Waals surface area (Å²) in [4.78, 5) is 5.56. The Morgan fingerprint density at radius 3 is 1.21 bits per heavy atom. The summed E-state index contributed by atoms with van der Waals surface area (Å²) in [6.45, 7) is 0. The Balaban J connectivity index is 1.18. The first kappa shape index (κ1) is 20.0. The van der Waals surface area contributed by atoms with Crippen LogP contribution in [0.15, 0.2) is 101 Å². The lowest BCUT2D eigenvalue weighted by Crippen LogP contribution is -2.26. The van der Waals surface area contributed by atoms with Crippen LogP contribution in [0.3, 0.4) is 0 Å². The van der Waals surface area contributed by atoms with Crippen molar-refractivity contribution in [2.24, 2.45) is 0 Å². The number of thioether (sulfide) groups is 4. The van der Waals surface area contributed by atoms with E-state index in [-0.39, 0.29) is 0 Å². The molecule has 5 aromatic rings. The molecule has 0 fully saturated rings. The molecule has 0 N–H and O–H groups in total. The molecule has 2 aliphatic heterocycles. The van der Waals surface area contributed by atoms with E-state index in [0.717, 1.165) is 12.8 Å². The molecule has 0 saturated carbocycles. The molecule has 5 aromatic carbocycles. The molecule has 34 heavy (non-hydrogen) atoms. The van der Waals surface area contributed by atoms with Crippen molar-refractivity contribution >= 4 is 91.5 Å². The maximum atomic E-state index is 2.40. The predicted molar refractivity (Wildman–Crippen MR) is 153 cm³/mol. The van der Waals surface area contributed by atoms with Gasteiger partial charge in [-0.05, 0) is 104 Å². The van der Waals surface area contributed by atoms with E-state index in [1.165, 1.54) is 70.8 Å². The summed E-state index contributed by atoms with van der Waals surface area (Å²) in [5.74, 6) is 0. The summed E-state index contributed by atoms with van der Waals surface area (Å²) in [7, 11) is 0. The second-order valence-electron chi connectivity index (χ2n) is 8.94. The molecule has 2 heterocycles. The fourth-order valence-electron chi connectivity index (χ4n) is 5.05. The average molecular weight is 507 g/mol. The number of hydrogen-bond acceptors (Lipinski definition) is 4. The third-order valence-electron chi connectivity index (χ3n) is 6.74. The van der Waals surface area contributed by atoms with Gasteiger partial charge in [-0.1, -0.05) is 83.5 Å². The molecule has 8 rings (SSSR count). The predicted octanol–water partition coefficient (Wildman–Crippen LogP) is 8.72. The zero-order valence-electron chi connectivity index (χ0n) is 18.1. The number of hydrogen-bond donors (Lipinski definition) is 0. The van der Waals surface area contributed by atoms with Crippen molar-refractivity contribution in [2.75, 3.05) is 0 Å². The van der Waals surface area contributed by atoms with Crippen LogP contribution in [0.5, 0.6) is 0 Å². The largest absolute Gasteiger partial charge is 0.0797 e. The van der Waals surface area contributed by atoms with Crippen LogP contribution in [0, 0.1) is 0 Å². The van der Waals surface area contributed by atoms with Crippen LogP contribution in [0.1, 0.15) is 12.8 Å². The minimum atomic E-state index is 1.16. The highest BCUT2D eigenvalue weighted by Crippen LogP contribution is 2.62. The Hall–Kier alpha value is -2.24. The van der Waals surface area contributed by atoms with Gasteiger partial charge in [0.25, 0.3) is 0 Å². The van der Waals surface area contributed by atoms with Crippen LogP contribution in [-0.2, 0) is 0 Å². The molecule has 1 aliphatic carbocycles. The Kier molecular flexibility index (Phi) is 4.49. The highest BCUT2D eigenvalue weighted by atomic mass is 32.2. The summed E-state index contributed by atoms with van der Waals surface area (Å²) < 4.78 is 2.85. The normalized spacial score (nSPS) is 16.5. The molecule has 0 radical (unpaired) electrons. The van der Waals surface area contributed by atoms with Crippen LogP contribution in [0.25, 0.3) is 44.5 Å².